The molecule has 1 saturated carbocycles. The molecule has 1 N–H and O–H groups in total. The van der Waals surface area contributed by atoms with Crippen LogP contribution < -0.4 is 5.32 Å². The highest BCUT2D eigenvalue weighted by molar-refractivity contribution is 5.95. The molecule has 1 unspecified atom stereocenters. The molecule has 1 atom stereocenters. The van der Waals surface area contributed by atoms with Crippen LogP contribution in [0.2, 0.25) is 0 Å². The highest BCUT2D eigenvalue weighted by Crippen LogP contribution is 2.30. The third-order valence-corrected chi connectivity index (χ3v) is 4.43. The number of carbonyl (C=O) groups excluding carboxylic acids is 2. The minimum atomic E-state index is -0.237. The van der Waals surface area contributed by atoms with E-state index in [9.17, 15) is 9.59 Å². The molecule has 0 aromatic rings. The van der Waals surface area contributed by atoms with Crippen molar-refractivity contribution in [3.63, 3.8) is 0 Å². The lowest BCUT2D eigenvalue weighted by Gasteiger charge is -2.40. The summed E-state index contributed by atoms with van der Waals surface area (Å²) in [6.45, 7) is 1.55. The third-order valence-electron chi connectivity index (χ3n) is 4.43. The Morgan fingerprint density at radius 1 is 1.20 bits per heavy atom. The van der Waals surface area contributed by atoms with Gasteiger partial charge in [0.05, 0.1) is 6.54 Å². The summed E-state index contributed by atoms with van der Waals surface area (Å²) in [6.07, 6.45) is 7.59. The smallest absolute Gasteiger partial charge is 0.243 e. The number of rotatable bonds is 6. The Labute approximate surface area is 121 Å². The number of nitrogens with one attached hydrogen (secondary N) is 1. The summed E-state index contributed by atoms with van der Waals surface area (Å²) >= 11 is 0. The fraction of sp³-hybridized carbons (Fsp3) is 0.867. The second-order valence-corrected chi connectivity index (χ2v) is 5.85. The minimum absolute atomic E-state index is 0.0447. The predicted octanol–water partition coefficient (Wildman–Crippen LogP) is 1.32. The van der Waals surface area contributed by atoms with E-state index in [4.69, 9.17) is 4.74 Å². The van der Waals surface area contributed by atoms with Crippen LogP contribution in [-0.4, -0.2) is 49.6 Å². The first-order valence-electron chi connectivity index (χ1n) is 7.80. The molecule has 2 rings (SSSR count). The number of ether oxygens (including phenoxy) is 1. The van der Waals surface area contributed by atoms with Gasteiger partial charge in [-0.05, 0) is 31.6 Å². The fourth-order valence-corrected chi connectivity index (χ4v) is 3.38. The topological polar surface area (TPSA) is 58.6 Å². The van der Waals surface area contributed by atoms with Gasteiger partial charge in [-0.1, -0.05) is 19.3 Å². The lowest BCUT2D eigenvalue weighted by atomic mass is 9.82. The van der Waals surface area contributed by atoms with E-state index in [1.807, 2.05) is 4.90 Å². The average Bonchev–Trinajstić information content (AvgIpc) is 2.48. The second-order valence-electron chi connectivity index (χ2n) is 5.85. The Kier molecular flexibility index (Phi) is 5.83. The van der Waals surface area contributed by atoms with Crippen molar-refractivity contribution in [3.8, 4) is 0 Å². The zero-order chi connectivity index (χ0) is 14.4. The molecule has 5 heteroatoms. The number of piperazine rings is 1. The van der Waals surface area contributed by atoms with Crippen molar-refractivity contribution in [3.05, 3.63) is 0 Å². The molecular weight excluding hydrogens is 256 g/mol. The Morgan fingerprint density at radius 2 is 1.95 bits per heavy atom. The van der Waals surface area contributed by atoms with Gasteiger partial charge in [0.15, 0.2) is 0 Å². The van der Waals surface area contributed by atoms with E-state index in [0.29, 0.717) is 19.1 Å². The SMILES string of the molecule is COCCCCN1C(=O)CNC(=O)C1C1CCCCC1. The Morgan fingerprint density at radius 3 is 2.65 bits per heavy atom. The van der Waals surface area contributed by atoms with Gasteiger partial charge in [0.25, 0.3) is 0 Å². The van der Waals surface area contributed by atoms with Crippen LogP contribution in [0.5, 0.6) is 0 Å². The van der Waals surface area contributed by atoms with Crippen LogP contribution in [0, 0.1) is 5.92 Å². The average molecular weight is 282 g/mol. The molecule has 5 nitrogen and oxygen atoms in total. The summed E-state index contributed by atoms with van der Waals surface area (Å²) in [6, 6.07) is -0.237. The molecule has 2 amide bonds. The summed E-state index contributed by atoms with van der Waals surface area (Å²) in [5.41, 5.74) is 0. The van der Waals surface area contributed by atoms with E-state index in [2.05, 4.69) is 5.32 Å². The maximum absolute atomic E-state index is 12.2. The molecule has 1 heterocycles. The Balaban J connectivity index is 1.98. The molecular formula is C15H26N2O3. The zero-order valence-corrected chi connectivity index (χ0v) is 12.4. The first-order chi connectivity index (χ1) is 9.74. The summed E-state index contributed by atoms with van der Waals surface area (Å²) in [5.74, 6) is 0.455. The monoisotopic (exact) mass is 282 g/mol. The lowest BCUT2D eigenvalue weighted by Crippen LogP contribution is -2.61. The van der Waals surface area contributed by atoms with Gasteiger partial charge in [0, 0.05) is 20.3 Å². The number of amides is 2. The van der Waals surface area contributed by atoms with E-state index in [-0.39, 0.29) is 24.4 Å². The first kappa shape index (κ1) is 15.3. The number of hydrogen-bond acceptors (Lipinski definition) is 3. The van der Waals surface area contributed by atoms with Gasteiger partial charge in [0.2, 0.25) is 11.8 Å². The maximum Gasteiger partial charge on any atom is 0.243 e. The molecule has 20 heavy (non-hydrogen) atoms. The van der Waals surface area contributed by atoms with Gasteiger partial charge in [0.1, 0.15) is 6.04 Å². The van der Waals surface area contributed by atoms with Crippen molar-refractivity contribution in [1.29, 1.82) is 0 Å². The van der Waals surface area contributed by atoms with E-state index in [1.165, 1.54) is 19.3 Å². The van der Waals surface area contributed by atoms with E-state index in [0.717, 1.165) is 25.7 Å². The van der Waals surface area contributed by atoms with Crippen LogP contribution in [0.15, 0.2) is 0 Å². The molecule has 1 aliphatic heterocycles. The number of unbranched alkanes of at least 4 members (excludes halogenated alkanes) is 1. The number of methoxy groups -OCH3 is 1. The van der Waals surface area contributed by atoms with Crippen molar-refractivity contribution in [2.45, 2.75) is 51.0 Å². The summed E-state index contributed by atoms with van der Waals surface area (Å²) in [7, 11) is 1.68. The molecule has 114 valence electrons. The largest absolute Gasteiger partial charge is 0.385 e. The van der Waals surface area contributed by atoms with Gasteiger partial charge in [-0.2, -0.15) is 0 Å². The molecule has 1 saturated heterocycles. The highest BCUT2D eigenvalue weighted by atomic mass is 16.5. The molecule has 2 aliphatic rings. The normalized spacial score (nSPS) is 24.9. The van der Waals surface area contributed by atoms with Gasteiger partial charge in [-0.25, -0.2) is 0 Å². The van der Waals surface area contributed by atoms with E-state index in [1.54, 1.807) is 7.11 Å². The quantitative estimate of drug-likeness (QED) is 0.748. The van der Waals surface area contributed by atoms with Crippen LogP contribution in [0.3, 0.4) is 0 Å². The molecule has 2 fully saturated rings. The van der Waals surface area contributed by atoms with Crippen LogP contribution in [0.4, 0.5) is 0 Å². The standard InChI is InChI=1S/C15H26N2O3/c1-20-10-6-5-9-17-13(18)11-16-15(19)14(17)12-7-3-2-4-8-12/h12,14H,2-11H2,1H3,(H,16,19). The van der Waals surface area contributed by atoms with Crippen LogP contribution in [0.1, 0.15) is 44.9 Å². The molecule has 0 aromatic heterocycles. The number of carbonyl (C=O) groups is 2. The van der Waals surface area contributed by atoms with Crippen molar-refractivity contribution in [2.24, 2.45) is 5.92 Å². The summed E-state index contributed by atoms with van der Waals surface area (Å²) in [5, 5.41) is 2.76. The summed E-state index contributed by atoms with van der Waals surface area (Å²) in [4.78, 5) is 26.2. The lowest BCUT2D eigenvalue weighted by molar-refractivity contribution is -0.148. The van der Waals surface area contributed by atoms with E-state index < -0.39 is 0 Å². The zero-order valence-electron chi connectivity index (χ0n) is 12.4. The number of nitrogens with zero attached hydrogens (tertiary/aromatic N) is 1. The van der Waals surface area contributed by atoms with Gasteiger partial charge in [-0.3, -0.25) is 9.59 Å². The van der Waals surface area contributed by atoms with Crippen molar-refractivity contribution in [1.82, 2.24) is 10.2 Å². The van der Waals surface area contributed by atoms with Gasteiger partial charge < -0.3 is 15.0 Å². The van der Waals surface area contributed by atoms with Gasteiger partial charge >= 0.3 is 0 Å². The van der Waals surface area contributed by atoms with Crippen LogP contribution in [0.25, 0.3) is 0 Å². The third kappa shape index (κ3) is 3.72. The van der Waals surface area contributed by atoms with E-state index >= 15 is 0 Å². The van der Waals surface area contributed by atoms with Crippen LogP contribution >= 0.6 is 0 Å². The van der Waals surface area contributed by atoms with Crippen molar-refractivity contribution in [2.75, 3.05) is 26.8 Å². The van der Waals surface area contributed by atoms with Crippen molar-refractivity contribution >= 4 is 11.8 Å². The second kappa shape index (κ2) is 7.62. The molecule has 1 aliphatic carbocycles. The number of hydrogen-bond donors (Lipinski definition) is 1. The molecule has 0 spiro atoms. The Hall–Kier alpha value is -1.10. The molecule has 0 aromatic carbocycles. The first-order valence-corrected chi connectivity index (χ1v) is 7.80. The Bertz CT molecular complexity index is 340. The molecule has 0 bridgehead atoms. The van der Waals surface area contributed by atoms with Gasteiger partial charge in [-0.15, -0.1) is 0 Å². The molecule has 0 radical (unpaired) electrons. The predicted molar refractivity (Wildman–Crippen MR) is 76.2 cm³/mol. The summed E-state index contributed by atoms with van der Waals surface area (Å²) < 4.78 is 5.04. The fourth-order valence-electron chi connectivity index (χ4n) is 3.38. The minimum Gasteiger partial charge on any atom is -0.385 e. The van der Waals surface area contributed by atoms with Crippen LogP contribution in [-0.2, 0) is 14.3 Å². The maximum atomic E-state index is 12.2. The van der Waals surface area contributed by atoms with Crippen molar-refractivity contribution < 1.29 is 14.3 Å². The highest BCUT2D eigenvalue weighted by Gasteiger charge is 2.39.